The summed E-state index contributed by atoms with van der Waals surface area (Å²) in [7, 11) is 0. The molecule has 1 aliphatic rings. The van der Waals surface area contributed by atoms with Crippen LogP contribution in [0, 0.1) is 5.82 Å². The molecule has 0 saturated heterocycles. The van der Waals surface area contributed by atoms with Gasteiger partial charge in [0.25, 0.3) is 5.91 Å². The molecule has 0 N–H and O–H groups in total. The zero-order valence-corrected chi connectivity index (χ0v) is 20.8. The molecule has 0 bridgehead atoms. The maximum absolute atomic E-state index is 13.9. The molecule has 9 heteroatoms. The van der Waals surface area contributed by atoms with Gasteiger partial charge in [0.1, 0.15) is 11.4 Å². The van der Waals surface area contributed by atoms with Gasteiger partial charge < -0.3 is 13.9 Å². The van der Waals surface area contributed by atoms with Crippen LogP contribution in [-0.2, 0) is 0 Å². The number of thiazole rings is 1. The van der Waals surface area contributed by atoms with Crippen LogP contribution >= 0.6 is 11.3 Å². The van der Waals surface area contributed by atoms with Crippen LogP contribution in [0.5, 0.6) is 11.5 Å². The summed E-state index contributed by atoms with van der Waals surface area (Å²) in [4.78, 5) is 33.6. The molecule has 0 aliphatic carbocycles. The summed E-state index contributed by atoms with van der Waals surface area (Å²) in [5.74, 6) is 0.135. The van der Waals surface area contributed by atoms with Gasteiger partial charge in [-0.3, -0.25) is 14.5 Å². The van der Waals surface area contributed by atoms with Crippen molar-refractivity contribution in [2.45, 2.75) is 19.9 Å². The smallest absolute Gasteiger partial charge is 0.297 e. The van der Waals surface area contributed by atoms with Gasteiger partial charge in [-0.25, -0.2) is 9.37 Å². The largest absolute Gasteiger partial charge is 0.490 e. The van der Waals surface area contributed by atoms with E-state index in [2.05, 4.69) is 4.98 Å². The van der Waals surface area contributed by atoms with Crippen LogP contribution in [0.3, 0.4) is 0 Å². The van der Waals surface area contributed by atoms with Gasteiger partial charge in [-0.15, -0.1) is 0 Å². The van der Waals surface area contributed by atoms with E-state index in [1.165, 1.54) is 28.4 Å². The van der Waals surface area contributed by atoms with E-state index in [0.717, 1.165) is 0 Å². The molecule has 3 heterocycles. The second-order valence-corrected chi connectivity index (χ2v) is 9.44. The van der Waals surface area contributed by atoms with Gasteiger partial charge in [-0.2, -0.15) is 0 Å². The molecule has 1 aliphatic heterocycles. The normalized spacial score (nSPS) is 14.9. The van der Waals surface area contributed by atoms with Crippen molar-refractivity contribution >= 4 is 43.6 Å². The minimum absolute atomic E-state index is 0.0361. The van der Waals surface area contributed by atoms with Crippen LogP contribution in [0.2, 0.25) is 0 Å². The molecule has 186 valence electrons. The topological polar surface area (TPSA) is 81.9 Å². The van der Waals surface area contributed by atoms with E-state index in [4.69, 9.17) is 13.9 Å². The summed E-state index contributed by atoms with van der Waals surface area (Å²) in [5.41, 5.74) is 1.44. The molecular formula is C28H21FN2O5S. The predicted octanol–water partition coefficient (Wildman–Crippen LogP) is 6.09. The lowest BCUT2D eigenvalue weighted by molar-refractivity contribution is 0.0971. The molecule has 1 atom stereocenters. The first-order valence-corrected chi connectivity index (χ1v) is 12.7. The second-order valence-electron chi connectivity index (χ2n) is 8.43. The quantitative estimate of drug-likeness (QED) is 0.272. The van der Waals surface area contributed by atoms with Crippen LogP contribution in [0.1, 0.15) is 41.6 Å². The highest BCUT2D eigenvalue weighted by atomic mass is 32.1. The molecule has 1 amide bonds. The molecule has 0 radical (unpaired) electrons. The number of benzene rings is 3. The first kappa shape index (κ1) is 23.2. The SMILES string of the molecule is CCOc1ccc([C@H]2c3c(oc4ccccc4c3=O)C(=O)N2c2nc3ccc(F)cc3s2)cc1OCC. The van der Waals surface area contributed by atoms with Crippen LogP contribution < -0.4 is 19.8 Å². The van der Waals surface area contributed by atoms with E-state index >= 15 is 0 Å². The monoisotopic (exact) mass is 516 g/mol. The number of nitrogens with zero attached hydrogens (tertiary/aromatic N) is 2. The van der Waals surface area contributed by atoms with Crippen LogP contribution in [-0.4, -0.2) is 24.1 Å². The van der Waals surface area contributed by atoms with Crippen molar-refractivity contribution in [3.05, 3.63) is 93.6 Å². The zero-order chi connectivity index (χ0) is 25.7. The number of halogens is 1. The highest BCUT2D eigenvalue weighted by Crippen LogP contribution is 2.45. The van der Waals surface area contributed by atoms with E-state index in [0.29, 0.717) is 56.6 Å². The number of carbonyl (C=O) groups is 1. The molecule has 0 fully saturated rings. The average Bonchev–Trinajstić information content (AvgIpc) is 3.43. The minimum atomic E-state index is -0.830. The molecule has 37 heavy (non-hydrogen) atoms. The number of para-hydroxylation sites is 1. The maximum atomic E-state index is 13.9. The summed E-state index contributed by atoms with van der Waals surface area (Å²) in [5, 5.41) is 0.709. The van der Waals surface area contributed by atoms with Crippen molar-refractivity contribution in [2.75, 3.05) is 18.1 Å². The van der Waals surface area contributed by atoms with Crippen molar-refractivity contribution < 1.29 is 23.1 Å². The van der Waals surface area contributed by atoms with Gasteiger partial charge in [-0.05, 0) is 61.9 Å². The van der Waals surface area contributed by atoms with Crippen molar-refractivity contribution in [2.24, 2.45) is 0 Å². The summed E-state index contributed by atoms with van der Waals surface area (Å²) >= 11 is 1.17. The van der Waals surface area contributed by atoms with Crippen LogP contribution in [0.25, 0.3) is 21.2 Å². The van der Waals surface area contributed by atoms with Crippen molar-refractivity contribution in [3.63, 3.8) is 0 Å². The average molecular weight is 517 g/mol. The summed E-state index contributed by atoms with van der Waals surface area (Å²) < 4.78 is 32.0. The maximum Gasteiger partial charge on any atom is 0.297 e. The lowest BCUT2D eigenvalue weighted by Gasteiger charge is -2.23. The lowest BCUT2D eigenvalue weighted by atomic mass is 9.98. The first-order valence-electron chi connectivity index (χ1n) is 11.8. The van der Waals surface area contributed by atoms with Gasteiger partial charge in [0.05, 0.1) is 40.4 Å². The Morgan fingerprint density at radius 3 is 2.59 bits per heavy atom. The van der Waals surface area contributed by atoms with E-state index in [-0.39, 0.29) is 16.8 Å². The summed E-state index contributed by atoms with van der Waals surface area (Å²) in [6.45, 7) is 4.60. The standard InChI is InChI=1S/C28H21FN2O5S/c1-3-34-20-12-9-15(13-21(20)35-4-2)24-23-25(32)17-7-5-6-8-19(17)36-26(23)27(33)31(24)28-30-18-11-10-16(29)14-22(18)37-28/h5-14,24H,3-4H2,1-2H3/t24-/m0/s1. The molecule has 0 saturated carbocycles. The molecule has 3 aromatic carbocycles. The molecule has 0 spiro atoms. The number of ether oxygens (including phenoxy) is 2. The third-order valence-electron chi connectivity index (χ3n) is 6.21. The van der Waals surface area contributed by atoms with E-state index < -0.39 is 17.8 Å². The van der Waals surface area contributed by atoms with E-state index in [9.17, 15) is 14.0 Å². The fourth-order valence-corrected chi connectivity index (χ4v) is 5.68. The van der Waals surface area contributed by atoms with Crippen LogP contribution in [0.15, 0.2) is 69.9 Å². The van der Waals surface area contributed by atoms with Gasteiger partial charge in [0.15, 0.2) is 22.1 Å². The fraction of sp³-hybridized carbons (Fsp3) is 0.179. The Kier molecular flexibility index (Phi) is 5.64. The fourth-order valence-electron chi connectivity index (χ4n) is 4.66. The molecular weight excluding hydrogens is 495 g/mol. The number of anilines is 1. The lowest BCUT2D eigenvalue weighted by Crippen LogP contribution is -2.29. The Hall–Kier alpha value is -4.24. The highest BCUT2D eigenvalue weighted by Gasteiger charge is 2.45. The summed E-state index contributed by atoms with van der Waals surface area (Å²) in [6.07, 6.45) is 0. The van der Waals surface area contributed by atoms with Crippen molar-refractivity contribution in [3.8, 4) is 11.5 Å². The van der Waals surface area contributed by atoms with Gasteiger partial charge in [0, 0.05) is 0 Å². The van der Waals surface area contributed by atoms with E-state index in [1.807, 2.05) is 13.8 Å². The Labute approximate surface area is 214 Å². The Bertz CT molecular complexity index is 1740. The molecule has 2 aromatic heterocycles. The van der Waals surface area contributed by atoms with Crippen molar-refractivity contribution in [1.29, 1.82) is 0 Å². The number of amides is 1. The predicted molar refractivity (Wildman–Crippen MR) is 139 cm³/mol. The number of hydrogen-bond donors (Lipinski definition) is 0. The Balaban J connectivity index is 1.61. The molecule has 0 unspecified atom stereocenters. The zero-order valence-electron chi connectivity index (χ0n) is 20.0. The Morgan fingerprint density at radius 1 is 1.00 bits per heavy atom. The second kappa shape index (κ2) is 9.01. The number of aromatic nitrogens is 1. The van der Waals surface area contributed by atoms with E-state index in [1.54, 1.807) is 48.5 Å². The molecule has 7 nitrogen and oxygen atoms in total. The Morgan fingerprint density at radius 2 is 1.78 bits per heavy atom. The molecule has 5 aromatic rings. The molecule has 6 rings (SSSR count). The van der Waals surface area contributed by atoms with Crippen molar-refractivity contribution in [1.82, 2.24) is 4.98 Å². The number of hydrogen-bond acceptors (Lipinski definition) is 7. The number of fused-ring (bicyclic) bond motifs is 3. The van der Waals surface area contributed by atoms with Gasteiger partial charge >= 0.3 is 0 Å². The third kappa shape index (κ3) is 3.74. The number of carbonyl (C=O) groups excluding carboxylic acids is 1. The van der Waals surface area contributed by atoms with Gasteiger partial charge in [-0.1, -0.05) is 29.5 Å². The number of rotatable bonds is 6. The first-order chi connectivity index (χ1) is 18.0. The minimum Gasteiger partial charge on any atom is -0.490 e. The highest BCUT2D eigenvalue weighted by molar-refractivity contribution is 7.22. The van der Waals surface area contributed by atoms with Crippen LogP contribution in [0.4, 0.5) is 9.52 Å². The van der Waals surface area contributed by atoms with Gasteiger partial charge in [0.2, 0.25) is 5.76 Å². The third-order valence-corrected chi connectivity index (χ3v) is 7.22. The summed E-state index contributed by atoms with van der Waals surface area (Å²) in [6, 6.07) is 15.6.